The van der Waals surface area contributed by atoms with Crippen molar-refractivity contribution >= 4 is 17.4 Å². The van der Waals surface area contributed by atoms with Gasteiger partial charge in [-0.1, -0.05) is 0 Å². The highest BCUT2D eigenvalue weighted by atomic mass is 32.2. The quantitative estimate of drug-likeness (QED) is 0.444. The zero-order chi connectivity index (χ0) is 10.4. The maximum absolute atomic E-state index is 8.63. The summed E-state index contributed by atoms with van der Waals surface area (Å²) in [5.41, 5.74) is 6.54. The van der Waals surface area contributed by atoms with E-state index in [-0.39, 0.29) is 6.61 Å². The molecule has 0 unspecified atom stereocenters. The first-order chi connectivity index (χ1) is 6.77. The van der Waals surface area contributed by atoms with Gasteiger partial charge in [0.25, 0.3) is 0 Å². The second-order valence-electron chi connectivity index (χ2n) is 2.83. The van der Waals surface area contributed by atoms with Gasteiger partial charge in [0.1, 0.15) is 5.75 Å². The van der Waals surface area contributed by atoms with Gasteiger partial charge in [-0.05, 0) is 18.6 Å². The van der Waals surface area contributed by atoms with Gasteiger partial charge in [-0.3, -0.25) is 0 Å². The Bertz CT molecular complexity index is 291. The molecule has 0 saturated heterocycles. The first-order valence-electron chi connectivity index (χ1n) is 4.45. The molecule has 0 fully saturated rings. The number of hydrogen-bond acceptors (Lipinski definition) is 4. The van der Waals surface area contributed by atoms with Gasteiger partial charge >= 0.3 is 0 Å². The molecule has 0 radical (unpaired) electrons. The Morgan fingerprint density at radius 3 is 2.86 bits per heavy atom. The van der Waals surface area contributed by atoms with Crippen molar-refractivity contribution in [3.05, 3.63) is 18.2 Å². The normalized spacial score (nSPS) is 10.1. The highest BCUT2D eigenvalue weighted by Gasteiger charge is 2.01. The number of rotatable bonds is 5. The minimum atomic E-state index is 0.225. The summed E-state index contributed by atoms with van der Waals surface area (Å²) in [4.78, 5) is 1.04. The predicted octanol–water partition coefficient (Wildman–Crippen LogP) is 1.75. The minimum Gasteiger partial charge on any atom is -0.497 e. The number of nitrogen functional groups attached to an aromatic ring is 1. The topological polar surface area (TPSA) is 55.5 Å². The number of aliphatic hydroxyl groups is 1. The van der Waals surface area contributed by atoms with Crippen LogP contribution >= 0.6 is 11.8 Å². The van der Waals surface area contributed by atoms with E-state index in [4.69, 9.17) is 15.6 Å². The molecule has 1 aromatic rings. The third kappa shape index (κ3) is 3.12. The van der Waals surface area contributed by atoms with E-state index in [1.54, 1.807) is 24.9 Å². The van der Waals surface area contributed by atoms with Crippen LogP contribution in [0.2, 0.25) is 0 Å². The molecule has 0 spiro atoms. The SMILES string of the molecule is COc1ccc(SCCCO)c(N)c1. The Kier molecular flexibility index (Phi) is 4.62. The van der Waals surface area contributed by atoms with E-state index in [0.717, 1.165) is 28.5 Å². The van der Waals surface area contributed by atoms with Gasteiger partial charge in [-0.25, -0.2) is 0 Å². The Morgan fingerprint density at radius 2 is 2.29 bits per heavy atom. The summed E-state index contributed by atoms with van der Waals surface area (Å²) in [6.07, 6.45) is 0.788. The molecule has 1 rings (SSSR count). The summed E-state index contributed by atoms with van der Waals surface area (Å²) in [5, 5.41) is 8.63. The predicted molar refractivity (Wildman–Crippen MR) is 59.8 cm³/mol. The van der Waals surface area contributed by atoms with Crippen LogP contribution in [0, 0.1) is 0 Å². The fourth-order valence-corrected chi connectivity index (χ4v) is 1.91. The van der Waals surface area contributed by atoms with E-state index in [9.17, 15) is 0 Å². The van der Waals surface area contributed by atoms with Crippen LogP contribution in [0.3, 0.4) is 0 Å². The lowest BCUT2D eigenvalue weighted by molar-refractivity contribution is 0.296. The van der Waals surface area contributed by atoms with Crippen LogP contribution in [0.25, 0.3) is 0 Å². The number of benzene rings is 1. The van der Waals surface area contributed by atoms with Gasteiger partial charge in [-0.2, -0.15) is 0 Å². The Labute approximate surface area is 88.3 Å². The molecule has 0 saturated carbocycles. The van der Waals surface area contributed by atoms with Crippen molar-refractivity contribution in [2.45, 2.75) is 11.3 Å². The van der Waals surface area contributed by atoms with Crippen molar-refractivity contribution in [2.24, 2.45) is 0 Å². The number of hydrogen-bond donors (Lipinski definition) is 2. The molecule has 0 aliphatic carbocycles. The maximum Gasteiger partial charge on any atom is 0.120 e. The fraction of sp³-hybridized carbons (Fsp3) is 0.400. The van der Waals surface area contributed by atoms with Crippen molar-refractivity contribution in [3.63, 3.8) is 0 Å². The molecule has 4 heteroatoms. The summed E-state index contributed by atoms with van der Waals surface area (Å²) in [7, 11) is 1.62. The molecule has 1 aromatic carbocycles. The van der Waals surface area contributed by atoms with E-state index < -0.39 is 0 Å². The average molecular weight is 213 g/mol. The monoisotopic (exact) mass is 213 g/mol. The van der Waals surface area contributed by atoms with Crippen molar-refractivity contribution in [3.8, 4) is 5.75 Å². The lowest BCUT2D eigenvalue weighted by Gasteiger charge is -2.06. The number of thioether (sulfide) groups is 1. The molecule has 0 aromatic heterocycles. The van der Waals surface area contributed by atoms with E-state index in [1.165, 1.54) is 0 Å². The van der Waals surface area contributed by atoms with Gasteiger partial charge in [0, 0.05) is 29.0 Å². The third-order valence-electron chi connectivity index (χ3n) is 1.78. The van der Waals surface area contributed by atoms with E-state index >= 15 is 0 Å². The average Bonchev–Trinajstić information content (AvgIpc) is 2.20. The highest BCUT2D eigenvalue weighted by Crippen LogP contribution is 2.28. The first kappa shape index (κ1) is 11.2. The molecule has 0 heterocycles. The van der Waals surface area contributed by atoms with Crippen LogP contribution in [0.4, 0.5) is 5.69 Å². The summed E-state index contributed by atoms with van der Waals surface area (Å²) < 4.78 is 5.05. The van der Waals surface area contributed by atoms with Gasteiger partial charge in [-0.15, -0.1) is 11.8 Å². The molecule has 0 atom stereocenters. The molecule has 0 aliphatic rings. The maximum atomic E-state index is 8.63. The van der Waals surface area contributed by atoms with Crippen molar-refractivity contribution < 1.29 is 9.84 Å². The highest BCUT2D eigenvalue weighted by molar-refractivity contribution is 7.99. The van der Waals surface area contributed by atoms with E-state index in [2.05, 4.69) is 0 Å². The van der Waals surface area contributed by atoms with Crippen molar-refractivity contribution in [2.75, 3.05) is 25.2 Å². The van der Waals surface area contributed by atoms with Gasteiger partial charge in [0.15, 0.2) is 0 Å². The molecule has 0 aliphatic heterocycles. The third-order valence-corrected chi connectivity index (χ3v) is 2.95. The standard InChI is InChI=1S/C10H15NO2S/c1-13-8-3-4-10(9(11)7-8)14-6-2-5-12/h3-4,7,12H,2,5-6,11H2,1H3. The molecular weight excluding hydrogens is 198 g/mol. The largest absolute Gasteiger partial charge is 0.497 e. The molecule has 3 N–H and O–H groups in total. The summed E-state index contributed by atoms with van der Waals surface area (Å²) in [6, 6.07) is 5.63. The number of methoxy groups -OCH3 is 1. The van der Waals surface area contributed by atoms with Crippen LogP contribution in [0.15, 0.2) is 23.1 Å². The Balaban J connectivity index is 2.59. The van der Waals surface area contributed by atoms with Crippen LogP contribution in [0.1, 0.15) is 6.42 Å². The number of anilines is 1. The van der Waals surface area contributed by atoms with Gasteiger partial charge in [0.05, 0.1) is 7.11 Å². The van der Waals surface area contributed by atoms with Crippen molar-refractivity contribution in [1.29, 1.82) is 0 Å². The number of aliphatic hydroxyl groups excluding tert-OH is 1. The first-order valence-corrected chi connectivity index (χ1v) is 5.43. The second-order valence-corrected chi connectivity index (χ2v) is 3.97. The molecule has 78 valence electrons. The van der Waals surface area contributed by atoms with E-state index in [0.29, 0.717) is 0 Å². The van der Waals surface area contributed by atoms with Gasteiger partial charge in [0.2, 0.25) is 0 Å². The van der Waals surface area contributed by atoms with E-state index in [1.807, 2.05) is 12.1 Å². The molecular formula is C10H15NO2S. The smallest absolute Gasteiger partial charge is 0.120 e. The summed E-state index contributed by atoms with van der Waals surface area (Å²) >= 11 is 1.65. The molecule has 3 nitrogen and oxygen atoms in total. The Morgan fingerprint density at radius 1 is 1.50 bits per heavy atom. The zero-order valence-electron chi connectivity index (χ0n) is 8.19. The molecule has 0 amide bonds. The lowest BCUT2D eigenvalue weighted by atomic mass is 10.3. The molecule has 14 heavy (non-hydrogen) atoms. The second kappa shape index (κ2) is 5.78. The lowest BCUT2D eigenvalue weighted by Crippen LogP contribution is -1.92. The van der Waals surface area contributed by atoms with Gasteiger partial charge < -0.3 is 15.6 Å². The van der Waals surface area contributed by atoms with Crippen LogP contribution in [-0.4, -0.2) is 24.6 Å². The fourth-order valence-electron chi connectivity index (χ4n) is 1.03. The zero-order valence-corrected chi connectivity index (χ0v) is 9.01. The molecule has 0 bridgehead atoms. The summed E-state index contributed by atoms with van der Waals surface area (Å²) in [6.45, 7) is 0.225. The summed E-state index contributed by atoms with van der Waals surface area (Å²) in [5.74, 6) is 1.65. The Hall–Kier alpha value is -0.870. The van der Waals surface area contributed by atoms with Crippen LogP contribution in [-0.2, 0) is 0 Å². The number of nitrogens with two attached hydrogens (primary N) is 1. The van der Waals surface area contributed by atoms with Crippen molar-refractivity contribution in [1.82, 2.24) is 0 Å². The minimum absolute atomic E-state index is 0.225. The van der Waals surface area contributed by atoms with Crippen LogP contribution in [0.5, 0.6) is 5.75 Å². The number of ether oxygens (including phenoxy) is 1. The van der Waals surface area contributed by atoms with Crippen LogP contribution < -0.4 is 10.5 Å².